The van der Waals surface area contributed by atoms with Gasteiger partial charge in [-0.2, -0.15) is 0 Å². The van der Waals surface area contributed by atoms with E-state index in [1.165, 1.54) is 26.3 Å². The van der Waals surface area contributed by atoms with Crippen molar-refractivity contribution in [3.05, 3.63) is 58.4 Å². The second kappa shape index (κ2) is 7.11. The fourth-order valence-electron chi connectivity index (χ4n) is 1.95. The van der Waals surface area contributed by atoms with Gasteiger partial charge in [0, 0.05) is 12.6 Å². The van der Waals surface area contributed by atoms with E-state index in [1.54, 1.807) is 12.1 Å². The molecule has 0 saturated carbocycles. The molecule has 120 valence electrons. The number of carbonyl (C=O) groups is 2. The zero-order chi connectivity index (χ0) is 17.0. The number of rotatable bonds is 4. The molecule has 0 aliphatic carbocycles. The topological polar surface area (TPSA) is 67.4 Å². The highest BCUT2D eigenvalue weighted by Crippen LogP contribution is 2.27. The van der Waals surface area contributed by atoms with Crippen molar-refractivity contribution in [2.24, 2.45) is 0 Å². The van der Waals surface area contributed by atoms with E-state index in [9.17, 15) is 14.0 Å². The van der Waals surface area contributed by atoms with Gasteiger partial charge < -0.3 is 15.4 Å². The molecule has 2 amide bonds. The van der Waals surface area contributed by atoms with Gasteiger partial charge in [0.05, 0.1) is 23.4 Å². The second-order valence-corrected chi connectivity index (χ2v) is 4.98. The summed E-state index contributed by atoms with van der Waals surface area (Å²) in [6.45, 7) is 0. The maximum absolute atomic E-state index is 13.1. The molecule has 0 unspecified atom stereocenters. The van der Waals surface area contributed by atoms with Gasteiger partial charge in [0.25, 0.3) is 11.8 Å². The molecule has 0 aliphatic rings. The first-order valence-electron chi connectivity index (χ1n) is 6.62. The van der Waals surface area contributed by atoms with Crippen molar-refractivity contribution >= 4 is 29.1 Å². The van der Waals surface area contributed by atoms with Gasteiger partial charge in [-0.05, 0) is 36.4 Å². The van der Waals surface area contributed by atoms with E-state index in [-0.39, 0.29) is 16.5 Å². The monoisotopic (exact) mass is 336 g/mol. The van der Waals surface area contributed by atoms with Gasteiger partial charge in [-0.15, -0.1) is 0 Å². The molecule has 23 heavy (non-hydrogen) atoms. The van der Waals surface area contributed by atoms with Crippen LogP contribution in [0.5, 0.6) is 5.75 Å². The van der Waals surface area contributed by atoms with Crippen LogP contribution in [0.4, 0.5) is 10.1 Å². The molecule has 0 aromatic heterocycles. The minimum Gasteiger partial charge on any atom is -0.495 e. The summed E-state index contributed by atoms with van der Waals surface area (Å²) in [5, 5.41) is 5.09. The van der Waals surface area contributed by atoms with Crippen LogP contribution in [0.15, 0.2) is 36.4 Å². The minimum atomic E-state index is -0.539. The molecule has 0 atom stereocenters. The van der Waals surface area contributed by atoms with E-state index < -0.39 is 11.7 Å². The average molecular weight is 337 g/mol. The molecule has 2 N–H and O–H groups in total. The predicted molar refractivity (Wildman–Crippen MR) is 85.7 cm³/mol. The van der Waals surface area contributed by atoms with Crippen LogP contribution in [0.3, 0.4) is 0 Å². The van der Waals surface area contributed by atoms with Crippen LogP contribution >= 0.6 is 11.6 Å². The molecule has 0 radical (unpaired) electrons. The molecule has 0 bridgehead atoms. The number of ether oxygens (including phenoxy) is 1. The summed E-state index contributed by atoms with van der Waals surface area (Å²) in [6.07, 6.45) is 0. The number of halogens is 2. The highest BCUT2D eigenvalue weighted by Gasteiger charge is 2.15. The van der Waals surface area contributed by atoms with Crippen LogP contribution < -0.4 is 15.4 Å². The summed E-state index contributed by atoms with van der Waals surface area (Å²) >= 11 is 5.87. The molecule has 0 saturated heterocycles. The van der Waals surface area contributed by atoms with E-state index >= 15 is 0 Å². The Labute approximate surface area is 137 Å². The number of benzene rings is 2. The van der Waals surface area contributed by atoms with Crippen molar-refractivity contribution in [2.75, 3.05) is 19.5 Å². The number of anilines is 1. The van der Waals surface area contributed by atoms with Crippen molar-refractivity contribution in [3.8, 4) is 5.75 Å². The summed E-state index contributed by atoms with van der Waals surface area (Å²) in [5.41, 5.74) is 0.772. The molecule has 2 rings (SSSR count). The Morgan fingerprint density at radius 2 is 1.87 bits per heavy atom. The van der Waals surface area contributed by atoms with Gasteiger partial charge in [-0.3, -0.25) is 9.59 Å². The zero-order valence-electron chi connectivity index (χ0n) is 12.4. The largest absolute Gasteiger partial charge is 0.495 e. The number of nitrogens with one attached hydrogen (secondary N) is 2. The molecule has 7 heteroatoms. The molecular weight excluding hydrogens is 323 g/mol. The highest BCUT2D eigenvalue weighted by atomic mass is 35.5. The SMILES string of the molecule is CNC(=O)c1ccc(OC)c(NC(=O)c2ccc(F)cc2Cl)c1. The smallest absolute Gasteiger partial charge is 0.257 e. The highest BCUT2D eigenvalue weighted by molar-refractivity contribution is 6.34. The fourth-order valence-corrected chi connectivity index (χ4v) is 2.21. The Morgan fingerprint density at radius 1 is 1.13 bits per heavy atom. The lowest BCUT2D eigenvalue weighted by Crippen LogP contribution is -2.19. The third kappa shape index (κ3) is 3.78. The third-order valence-electron chi connectivity index (χ3n) is 3.11. The van der Waals surface area contributed by atoms with Crippen LogP contribution in [-0.2, 0) is 0 Å². The van der Waals surface area contributed by atoms with E-state index in [2.05, 4.69) is 10.6 Å². The van der Waals surface area contributed by atoms with E-state index in [0.29, 0.717) is 17.0 Å². The lowest BCUT2D eigenvalue weighted by Gasteiger charge is -2.12. The molecule has 0 fully saturated rings. The lowest BCUT2D eigenvalue weighted by atomic mass is 10.1. The Kier molecular flexibility index (Phi) is 5.18. The van der Waals surface area contributed by atoms with Crippen LogP contribution in [0, 0.1) is 5.82 Å². The average Bonchev–Trinajstić information content (AvgIpc) is 2.53. The molecule has 5 nitrogen and oxygen atoms in total. The van der Waals surface area contributed by atoms with E-state index in [4.69, 9.17) is 16.3 Å². The fraction of sp³-hybridized carbons (Fsp3) is 0.125. The maximum Gasteiger partial charge on any atom is 0.257 e. The Morgan fingerprint density at radius 3 is 2.48 bits per heavy atom. The summed E-state index contributed by atoms with van der Waals surface area (Å²) in [4.78, 5) is 24.0. The summed E-state index contributed by atoms with van der Waals surface area (Å²) in [6, 6.07) is 8.08. The van der Waals surface area contributed by atoms with Gasteiger partial charge in [-0.1, -0.05) is 11.6 Å². The van der Waals surface area contributed by atoms with Crippen molar-refractivity contribution in [2.45, 2.75) is 0 Å². The molecule has 2 aromatic carbocycles. The first-order valence-corrected chi connectivity index (χ1v) is 7.00. The normalized spacial score (nSPS) is 10.1. The number of methoxy groups -OCH3 is 1. The molecule has 0 aliphatic heterocycles. The first-order chi connectivity index (χ1) is 11.0. The van der Waals surface area contributed by atoms with Gasteiger partial charge in [-0.25, -0.2) is 4.39 Å². The first kappa shape index (κ1) is 16.8. The summed E-state index contributed by atoms with van der Waals surface area (Å²) in [5.74, 6) is -1.000. The maximum atomic E-state index is 13.1. The van der Waals surface area contributed by atoms with Gasteiger partial charge in [0.15, 0.2) is 0 Å². The minimum absolute atomic E-state index is 0.0103. The third-order valence-corrected chi connectivity index (χ3v) is 3.43. The number of hydrogen-bond acceptors (Lipinski definition) is 3. The van der Waals surface area contributed by atoms with Crippen LogP contribution in [0.2, 0.25) is 5.02 Å². The van der Waals surface area contributed by atoms with Crippen molar-refractivity contribution in [1.29, 1.82) is 0 Å². The number of carbonyl (C=O) groups excluding carboxylic acids is 2. The molecule has 0 spiro atoms. The molecule has 2 aromatic rings. The Bertz CT molecular complexity index is 765. The van der Waals surface area contributed by atoms with Crippen LogP contribution in [0.1, 0.15) is 20.7 Å². The number of hydrogen-bond donors (Lipinski definition) is 2. The predicted octanol–water partition coefficient (Wildman–Crippen LogP) is 3.10. The van der Waals surface area contributed by atoms with Crippen molar-refractivity contribution in [3.63, 3.8) is 0 Å². The van der Waals surface area contributed by atoms with Crippen molar-refractivity contribution in [1.82, 2.24) is 5.32 Å². The van der Waals surface area contributed by atoms with Crippen LogP contribution in [0.25, 0.3) is 0 Å². The van der Waals surface area contributed by atoms with E-state index in [1.807, 2.05) is 0 Å². The number of amides is 2. The summed E-state index contributed by atoms with van der Waals surface area (Å²) < 4.78 is 18.2. The van der Waals surface area contributed by atoms with Crippen molar-refractivity contribution < 1.29 is 18.7 Å². The van der Waals surface area contributed by atoms with Crippen LogP contribution in [-0.4, -0.2) is 26.0 Å². The quantitative estimate of drug-likeness (QED) is 0.901. The van der Waals surface area contributed by atoms with E-state index in [0.717, 1.165) is 12.1 Å². The van der Waals surface area contributed by atoms with Gasteiger partial charge in [0.1, 0.15) is 11.6 Å². The summed E-state index contributed by atoms with van der Waals surface area (Å²) in [7, 11) is 2.94. The second-order valence-electron chi connectivity index (χ2n) is 4.57. The zero-order valence-corrected chi connectivity index (χ0v) is 13.2. The van der Waals surface area contributed by atoms with Gasteiger partial charge >= 0.3 is 0 Å². The standard InChI is InChI=1S/C16H14ClFN2O3/c1-19-15(21)9-3-6-14(23-2)13(7-9)20-16(22)11-5-4-10(18)8-12(11)17/h3-8H,1-2H3,(H,19,21)(H,20,22). The lowest BCUT2D eigenvalue weighted by molar-refractivity contribution is 0.0961. The Hall–Kier alpha value is -2.60. The Balaban J connectivity index is 2.34. The van der Waals surface area contributed by atoms with Gasteiger partial charge in [0.2, 0.25) is 0 Å². The molecule has 0 heterocycles. The molecular formula is C16H14ClFN2O3.